The minimum absolute atomic E-state index is 0.0977. The van der Waals surface area contributed by atoms with Crippen molar-refractivity contribution >= 4 is 11.6 Å². The third-order valence-corrected chi connectivity index (χ3v) is 3.61. The molecule has 1 atom stereocenters. The SMILES string of the molecule is COc1cc([C@@H](N)C(F)(F)F)ccc1OCc1ccccc1Cl. The second-order valence-electron chi connectivity index (χ2n) is 4.81. The molecule has 0 amide bonds. The first-order valence-electron chi connectivity index (χ1n) is 6.69. The molecule has 0 bridgehead atoms. The highest BCUT2D eigenvalue weighted by molar-refractivity contribution is 6.31. The van der Waals surface area contributed by atoms with Gasteiger partial charge in [0.15, 0.2) is 11.5 Å². The van der Waals surface area contributed by atoms with Gasteiger partial charge in [0.05, 0.1) is 7.11 Å². The summed E-state index contributed by atoms with van der Waals surface area (Å²) in [6.45, 7) is 0.167. The summed E-state index contributed by atoms with van der Waals surface area (Å²) in [5.41, 5.74) is 5.85. The largest absolute Gasteiger partial charge is 0.493 e. The van der Waals surface area contributed by atoms with E-state index in [1.54, 1.807) is 18.2 Å². The fourth-order valence-corrected chi connectivity index (χ4v) is 2.15. The second-order valence-corrected chi connectivity index (χ2v) is 5.22. The molecule has 2 rings (SSSR count). The number of halogens is 4. The summed E-state index contributed by atoms with van der Waals surface area (Å²) >= 11 is 6.03. The van der Waals surface area contributed by atoms with Gasteiger partial charge in [-0.2, -0.15) is 13.2 Å². The maximum Gasteiger partial charge on any atom is 0.407 e. The molecule has 2 aromatic rings. The number of ether oxygens (including phenoxy) is 2. The van der Waals surface area contributed by atoms with Crippen molar-refractivity contribution in [3.63, 3.8) is 0 Å². The Morgan fingerprint density at radius 3 is 2.43 bits per heavy atom. The van der Waals surface area contributed by atoms with Crippen LogP contribution in [0.15, 0.2) is 42.5 Å². The number of hydrogen-bond acceptors (Lipinski definition) is 3. The van der Waals surface area contributed by atoms with E-state index in [2.05, 4.69) is 0 Å². The monoisotopic (exact) mass is 345 g/mol. The van der Waals surface area contributed by atoms with Crippen molar-refractivity contribution < 1.29 is 22.6 Å². The van der Waals surface area contributed by atoms with E-state index in [4.69, 9.17) is 26.8 Å². The molecule has 3 nitrogen and oxygen atoms in total. The molecule has 0 saturated heterocycles. The first kappa shape index (κ1) is 17.4. The normalized spacial score (nSPS) is 12.8. The number of rotatable bonds is 5. The molecule has 0 fully saturated rings. The number of nitrogens with two attached hydrogens (primary N) is 1. The molecular formula is C16H15ClF3NO2. The molecule has 7 heteroatoms. The molecule has 23 heavy (non-hydrogen) atoms. The van der Waals surface area contributed by atoms with Gasteiger partial charge in [0.2, 0.25) is 0 Å². The maximum atomic E-state index is 12.7. The summed E-state index contributed by atoms with van der Waals surface area (Å²) in [6.07, 6.45) is -4.52. The van der Waals surface area contributed by atoms with E-state index >= 15 is 0 Å². The number of hydrogen-bond donors (Lipinski definition) is 1. The summed E-state index contributed by atoms with van der Waals surface area (Å²) in [5.74, 6) is 0.486. The lowest BCUT2D eigenvalue weighted by atomic mass is 10.1. The molecule has 2 N–H and O–H groups in total. The maximum absolute atomic E-state index is 12.7. The Balaban J connectivity index is 2.19. The van der Waals surface area contributed by atoms with E-state index in [1.165, 1.54) is 25.3 Å². The van der Waals surface area contributed by atoms with Gasteiger partial charge >= 0.3 is 6.18 Å². The third kappa shape index (κ3) is 4.30. The van der Waals surface area contributed by atoms with Crippen LogP contribution in [-0.4, -0.2) is 13.3 Å². The van der Waals surface area contributed by atoms with Crippen molar-refractivity contribution in [2.24, 2.45) is 5.73 Å². The highest BCUT2D eigenvalue weighted by atomic mass is 35.5. The Morgan fingerprint density at radius 1 is 1.13 bits per heavy atom. The Morgan fingerprint density at radius 2 is 1.83 bits per heavy atom. The van der Waals surface area contributed by atoms with Gasteiger partial charge in [-0.15, -0.1) is 0 Å². The van der Waals surface area contributed by atoms with Crippen LogP contribution in [0.5, 0.6) is 11.5 Å². The lowest BCUT2D eigenvalue weighted by molar-refractivity contribution is -0.149. The fourth-order valence-electron chi connectivity index (χ4n) is 1.96. The molecule has 0 unspecified atom stereocenters. The zero-order valence-electron chi connectivity index (χ0n) is 12.2. The van der Waals surface area contributed by atoms with Crippen molar-refractivity contribution in [3.8, 4) is 11.5 Å². The van der Waals surface area contributed by atoms with Crippen molar-refractivity contribution in [1.82, 2.24) is 0 Å². The number of benzene rings is 2. The van der Waals surface area contributed by atoms with Gasteiger partial charge in [-0.3, -0.25) is 0 Å². The molecule has 0 spiro atoms. The predicted molar refractivity (Wildman–Crippen MR) is 81.8 cm³/mol. The Bertz CT molecular complexity index is 677. The van der Waals surface area contributed by atoms with Crippen molar-refractivity contribution in [1.29, 1.82) is 0 Å². The predicted octanol–water partition coefficient (Wildman–Crippen LogP) is 4.49. The van der Waals surface area contributed by atoms with E-state index < -0.39 is 12.2 Å². The standard InChI is InChI=1S/C16H15ClF3NO2/c1-22-14-8-10(15(21)16(18,19)20)6-7-13(14)23-9-11-4-2-3-5-12(11)17/h2-8,15H,9,21H2,1H3/t15-/m1/s1. The molecule has 0 heterocycles. The number of alkyl halides is 3. The van der Waals surface area contributed by atoms with Crippen LogP contribution < -0.4 is 15.2 Å². The van der Waals surface area contributed by atoms with Gasteiger partial charge in [0.25, 0.3) is 0 Å². The van der Waals surface area contributed by atoms with Crippen LogP contribution in [0, 0.1) is 0 Å². The quantitative estimate of drug-likeness (QED) is 0.868. The van der Waals surface area contributed by atoms with E-state index in [1.807, 2.05) is 6.07 Å². The van der Waals surface area contributed by atoms with Crippen molar-refractivity contribution in [2.45, 2.75) is 18.8 Å². The summed E-state index contributed by atoms with van der Waals surface area (Å²) in [4.78, 5) is 0. The van der Waals surface area contributed by atoms with E-state index in [9.17, 15) is 13.2 Å². The Kier molecular flexibility index (Phi) is 5.38. The smallest absolute Gasteiger partial charge is 0.407 e. The average Bonchev–Trinajstić information content (AvgIpc) is 2.52. The number of methoxy groups -OCH3 is 1. The third-order valence-electron chi connectivity index (χ3n) is 3.24. The van der Waals surface area contributed by atoms with Crippen LogP contribution in [0.4, 0.5) is 13.2 Å². The van der Waals surface area contributed by atoms with Crippen molar-refractivity contribution in [3.05, 3.63) is 58.6 Å². The van der Waals surface area contributed by atoms with Crippen LogP contribution in [0.1, 0.15) is 17.2 Å². The van der Waals surface area contributed by atoms with Gasteiger partial charge in [-0.1, -0.05) is 35.9 Å². The van der Waals surface area contributed by atoms with E-state index in [0.29, 0.717) is 10.8 Å². The van der Waals surface area contributed by atoms with Gasteiger partial charge in [0, 0.05) is 10.6 Å². The van der Waals surface area contributed by atoms with E-state index in [0.717, 1.165) is 5.56 Å². The molecule has 0 aromatic heterocycles. The minimum Gasteiger partial charge on any atom is -0.493 e. The highest BCUT2D eigenvalue weighted by Gasteiger charge is 2.38. The van der Waals surface area contributed by atoms with E-state index in [-0.39, 0.29) is 17.9 Å². The van der Waals surface area contributed by atoms with Gasteiger partial charge < -0.3 is 15.2 Å². The first-order valence-corrected chi connectivity index (χ1v) is 7.07. The molecule has 2 aromatic carbocycles. The van der Waals surface area contributed by atoms with Crippen LogP contribution >= 0.6 is 11.6 Å². The molecule has 0 aliphatic rings. The molecule has 124 valence electrons. The second kappa shape index (κ2) is 7.10. The van der Waals surface area contributed by atoms with Crippen LogP contribution in [0.2, 0.25) is 5.02 Å². The molecular weight excluding hydrogens is 331 g/mol. The summed E-state index contributed by atoms with van der Waals surface area (Å²) in [6, 6.07) is 8.94. The average molecular weight is 346 g/mol. The van der Waals surface area contributed by atoms with Gasteiger partial charge in [-0.05, 0) is 23.8 Å². The zero-order valence-corrected chi connectivity index (χ0v) is 13.0. The fraction of sp³-hybridized carbons (Fsp3) is 0.250. The lowest BCUT2D eigenvalue weighted by Gasteiger charge is -2.18. The Hall–Kier alpha value is -1.92. The Labute approximate surface area is 136 Å². The topological polar surface area (TPSA) is 44.5 Å². The molecule has 0 aliphatic carbocycles. The first-order chi connectivity index (χ1) is 10.8. The van der Waals surface area contributed by atoms with Crippen LogP contribution in [0.25, 0.3) is 0 Å². The summed E-state index contributed by atoms with van der Waals surface area (Å²) in [7, 11) is 1.35. The highest BCUT2D eigenvalue weighted by Crippen LogP contribution is 2.36. The summed E-state index contributed by atoms with van der Waals surface area (Å²) in [5, 5.41) is 0.544. The van der Waals surface area contributed by atoms with Gasteiger partial charge in [0.1, 0.15) is 12.6 Å². The molecule has 0 radical (unpaired) electrons. The summed E-state index contributed by atoms with van der Waals surface area (Å²) < 4.78 is 48.7. The lowest BCUT2D eigenvalue weighted by Crippen LogP contribution is -2.28. The van der Waals surface area contributed by atoms with Crippen molar-refractivity contribution in [2.75, 3.05) is 7.11 Å². The molecule has 0 aliphatic heterocycles. The minimum atomic E-state index is -4.52. The van der Waals surface area contributed by atoms with Crippen LogP contribution in [0.3, 0.4) is 0 Å². The molecule has 0 saturated carbocycles. The zero-order chi connectivity index (χ0) is 17.0. The van der Waals surface area contributed by atoms with Crippen LogP contribution in [-0.2, 0) is 6.61 Å². The van der Waals surface area contributed by atoms with Gasteiger partial charge in [-0.25, -0.2) is 0 Å².